The van der Waals surface area contributed by atoms with Crippen molar-refractivity contribution < 1.29 is 41.8 Å². The first-order valence-electron chi connectivity index (χ1n) is 14.7. The molecule has 0 aromatic heterocycles. The number of hydrogen-bond acceptors (Lipinski definition) is 8. The SMILES string of the molecule is CC(=O)N(CC(=O)N(C)N1c2ccc(OCc3ccccc3Cl)cc2SC1(C)OCc1ccccc1Cl)Oc1ccc(OC(F)(F)F)cc1. The number of carbonyl (C=O) groups excluding carboxylic acids is 2. The van der Waals surface area contributed by atoms with Crippen LogP contribution in [0.1, 0.15) is 25.0 Å². The number of fused-ring (bicyclic) bond motifs is 1. The van der Waals surface area contributed by atoms with E-state index >= 15 is 0 Å². The smallest absolute Gasteiger partial charge is 0.489 e. The summed E-state index contributed by atoms with van der Waals surface area (Å²) in [6, 6.07) is 24.4. The quantitative estimate of drug-likeness (QED) is 0.134. The van der Waals surface area contributed by atoms with Gasteiger partial charge >= 0.3 is 6.36 Å². The van der Waals surface area contributed by atoms with Crippen LogP contribution in [0.2, 0.25) is 10.0 Å². The summed E-state index contributed by atoms with van der Waals surface area (Å²) in [6.07, 6.45) is -4.87. The molecule has 0 saturated carbocycles. The molecule has 15 heteroatoms. The van der Waals surface area contributed by atoms with Crippen LogP contribution in [0.4, 0.5) is 18.9 Å². The van der Waals surface area contributed by atoms with Crippen LogP contribution in [0, 0.1) is 0 Å². The first-order valence-corrected chi connectivity index (χ1v) is 16.2. The minimum atomic E-state index is -4.87. The Morgan fingerprint density at radius 3 is 2.02 bits per heavy atom. The summed E-state index contributed by atoms with van der Waals surface area (Å²) in [5.74, 6) is -1.07. The fourth-order valence-electron chi connectivity index (χ4n) is 4.81. The van der Waals surface area contributed by atoms with E-state index in [1.807, 2.05) is 42.5 Å². The van der Waals surface area contributed by atoms with Gasteiger partial charge in [0.1, 0.15) is 24.7 Å². The standard InChI is InChI=1S/C34H30Cl2F3N3O6S/c1-22(43)41(48-26-14-12-25(13-15-26)47-34(37,38)39)19-32(44)40(3)42-30-17-16-27(45-20-23-8-4-6-10-28(23)35)18-31(30)49-33(42,2)46-21-24-9-5-7-11-29(24)36/h4-18H,19-21H2,1-3H3. The molecular weight excluding hydrogens is 706 g/mol. The highest BCUT2D eigenvalue weighted by Gasteiger charge is 2.46. The van der Waals surface area contributed by atoms with Crippen LogP contribution in [-0.2, 0) is 27.5 Å². The number of nitrogens with zero attached hydrogens (tertiary/aromatic N) is 3. The van der Waals surface area contributed by atoms with Crippen molar-refractivity contribution in [2.45, 2.75) is 43.4 Å². The number of hydroxylamine groups is 2. The van der Waals surface area contributed by atoms with E-state index in [0.717, 1.165) is 33.2 Å². The molecular formula is C34H30Cl2F3N3O6S. The van der Waals surface area contributed by atoms with Gasteiger partial charge in [-0.05, 0) is 67.1 Å². The van der Waals surface area contributed by atoms with Crippen LogP contribution >= 0.6 is 35.0 Å². The number of ether oxygens (including phenoxy) is 3. The van der Waals surface area contributed by atoms with Crippen molar-refractivity contribution in [3.05, 3.63) is 112 Å². The molecule has 1 unspecified atom stereocenters. The zero-order valence-electron chi connectivity index (χ0n) is 26.4. The van der Waals surface area contributed by atoms with Gasteiger partial charge < -0.3 is 19.0 Å². The second-order valence-corrected chi connectivity index (χ2v) is 13.0. The highest BCUT2D eigenvalue weighted by molar-refractivity contribution is 8.01. The van der Waals surface area contributed by atoms with E-state index < -0.39 is 35.5 Å². The Hall–Kier alpha value is -4.30. The summed E-state index contributed by atoms with van der Waals surface area (Å²) < 4.78 is 54.0. The molecule has 0 fully saturated rings. The highest BCUT2D eigenvalue weighted by Crippen LogP contribution is 2.52. The second kappa shape index (κ2) is 15.1. The predicted molar refractivity (Wildman–Crippen MR) is 179 cm³/mol. The maximum atomic E-state index is 13.8. The van der Waals surface area contributed by atoms with E-state index in [1.54, 1.807) is 36.2 Å². The molecule has 4 aromatic rings. The molecule has 5 rings (SSSR count). The maximum Gasteiger partial charge on any atom is 0.573 e. The van der Waals surface area contributed by atoms with Gasteiger partial charge in [-0.3, -0.25) is 14.6 Å². The summed E-state index contributed by atoms with van der Waals surface area (Å²) in [4.78, 5) is 32.6. The van der Waals surface area contributed by atoms with E-state index in [2.05, 4.69) is 4.74 Å². The molecule has 0 N–H and O–H groups in total. The lowest BCUT2D eigenvalue weighted by molar-refractivity contribution is -0.274. The van der Waals surface area contributed by atoms with E-state index in [0.29, 0.717) is 21.5 Å². The summed E-state index contributed by atoms with van der Waals surface area (Å²) in [6.45, 7) is 2.80. The van der Waals surface area contributed by atoms with Crippen molar-refractivity contribution in [2.75, 3.05) is 18.6 Å². The van der Waals surface area contributed by atoms with Gasteiger partial charge in [0.2, 0.25) is 5.06 Å². The Morgan fingerprint density at radius 1 is 0.857 bits per heavy atom. The number of anilines is 1. The number of carbonyl (C=O) groups is 2. The minimum Gasteiger partial charge on any atom is -0.489 e. The molecule has 9 nitrogen and oxygen atoms in total. The van der Waals surface area contributed by atoms with Crippen LogP contribution in [0.5, 0.6) is 17.2 Å². The van der Waals surface area contributed by atoms with Crippen LogP contribution in [-0.4, -0.2) is 46.9 Å². The third kappa shape index (κ3) is 9.04. The lowest BCUT2D eigenvalue weighted by Gasteiger charge is -2.41. The van der Waals surface area contributed by atoms with Gasteiger partial charge in [-0.15, -0.1) is 13.2 Å². The molecule has 0 aliphatic carbocycles. The first kappa shape index (κ1) is 36.0. The third-order valence-electron chi connectivity index (χ3n) is 7.21. The highest BCUT2D eigenvalue weighted by atomic mass is 35.5. The number of alkyl halides is 3. The molecule has 1 aliphatic heterocycles. The molecule has 1 atom stereocenters. The van der Waals surface area contributed by atoms with Crippen molar-refractivity contribution in [3.63, 3.8) is 0 Å². The lowest BCUT2D eigenvalue weighted by atomic mass is 10.2. The fraction of sp³-hybridized carbons (Fsp3) is 0.235. The van der Waals surface area contributed by atoms with Crippen molar-refractivity contribution in [1.29, 1.82) is 0 Å². The number of hydrogen-bond donors (Lipinski definition) is 0. The third-order valence-corrected chi connectivity index (χ3v) is 9.17. The number of hydrazine groups is 1. The Bertz CT molecular complexity index is 1820. The van der Waals surface area contributed by atoms with Crippen LogP contribution in [0.3, 0.4) is 0 Å². The largest absolute Gasteiger partial charge is 0.573 e. The summed E-state index contributed by atoms with van der Waals surface area (Å²) in [7, 11) is 1.53. The molecule has 0 bridgehead atoms. The Labute approximate surface area is 294 Å². The van der Waals surface area contributed by atoms with E-state index in [1.165, 1.54) is 42.9 Å². The molecule has 0 saturated heterocycles. The number of benzene rings is 4. The van der Waals surface area contributed by atoms with Gasteiger partial charge in [0.25, 0.3) is 11.8 Å². The average Bonchev–Trinajstić information content (AvgIpc) is 3.34. The zero-order chi connectivity index (χ0) is 35.3. The average molecular weight is 737 g/mol. The van der Waals surface area contributed by atoms with Crippen molar-refractivity contribution >= 4 is 52.5 Å². The topological polar surface area (TPSA) is 80.8 Å². The van der Waals surface area contributed by atoms with Gasteiger partial charge in [0, 0.05) is 34.5 Å². The fourth-order valence-corrected chi connectivity index (χ4v) is 6.46. The van der Waals surface area contributed by atoms with Gasteiger partial charge in [-0.2, -0.15) is 5.06 Å². The van der Waals surface area contributed by atoms with Gasteiger partial charge in [0.05, 0.1) is 12.3 Å². The molecule has 1 heterocycles. The lowest BCUT2D eigenvalue weighted by Crippen LogP contribution is -2.56. The van der Waals surface area contributed by atoms with E-state index in [4.69, 9.17) is 37.5 Å². The second-order valence-electron chi connectivity index (χ2n) is 10.8. The van der Waals surface area contributed by atoms with E-state index in [9.17, 15) is 22.8 Å². The molecule has 1 aliphatic rings. The summed E-state index contributed by atoms with van der Waals surface area (Å²) in [5.41, 5.74) is 2.19. The monoisotopic (exact) mass is 735 g/mol. The molecule has 4 aromatic carbocycles. The number of rotatable bonds is 12. The molecule has 49 heavy (non-hydrogen) atoms. The number of amides is 2. The van der Waals surface area contributed by atoms with Crippen LogP contribution < -0.4 is 19.3 Å². The summed E-state index contributed by atoms with van der Waals surface area (Å²) in [5, 5.41) is 3.70. The molecule has 2 amide bonds. The zero-order valence-corrected chi connectivity index (χ0v) is 28.7. The van der Waals surface area contributed by atoms with Crippen LogP contribution in [0.25, 0.3) is 0 Å². The van der Waals surface area contributed by atoms with Gasteiger partial charge in [-0.25, -0.2) is 5.01 Å². The van der Waals surface area contributed by atoms with E-state index in [-0.39, 0.29) is 19.0 Å². The first-order chi connectivity index (χ1) is 23.2. The number of thioether (sulfide) groups is 1. The molecule has 258 valence electrons. The normalized spacial score (nSPS) is 15.4. The summed E-state index contributed by atoms with van der Waals surface area (Å²) >= 11 is 14.0. The predicted octanol–water partition coefficient (Wildman–Crippen LogP) is 8.49. The minimum absolute atomic E-state index is 0.0134. The number of halogens is 5. The molecule has 0 spiro atoms. The van der Waals surface area contributed by atoms with Crippen molar-refractivity contribution in [1.82, 2.24) is 10.1 Å². The Balaban J connectivity index is 1.36. The van der Waals surface area contributed by atoms with Crippen molar-refractivity contribution in [2.24, 2.45) is 0 Å². The number of likely N-dealkylation sites (N-methyl/N-ethyl adjacent to an activating group) is 1. The molecule has 0 radical (unpaired) electrons. The maximum absolute atomic E-state index is 13.8. The Kier molecular flexibility index (Phi) is 11.1. The van der Waals surface area contributed by atoms with Gasteiger partial charge in [0.15, 0.2) is 5.75 Å². The van der Waals surface area contributed by atoms with Gasteiger partial charge in [-0.1, -0.05) is 71.4 Å². The van der Waals surface area contributed by atoms with Crippen LogP contribution in [0.15, 0.2) is 95.9 Å². The Morgan fingerprint density at radius 2 is 1.43 bits per heavy atom. The van der Waals surface area contributed by atoms with Crippen molar-refractivity contribution in [3.8, 4) is 17.2 Å².